The summed E-state index contributed by atoms with van der Waals surface area (Å²) in [7, 11) is 1.60. The predicted octanol–water partition coefficient (Wildman–Crippen LogP) is 3.74. The van der Waals surface area contributed by atoms with Crippen LogP contribution in [0.25, 0.3) is 11.5 Å². The molecule has 2 fully saturated rings. The third-order valence-corrected chi connectivity index (χ3v) is 5.09. The molecule has 1 saturated carbocycles. The highest BCUT2D eigenvalue weighted by Crippen LogP contribution is 2.35. The van der Waals surface area contributed by atoms with Crippen LogP contribution in [-0.4, -0.2) is 41.3 Å². The fourth-order valence-corrected chi connectivity index (χ4v) is 3.54. The van der Waals surface area contributed by atoms with E-state index in [1.165, 1.54) is 12.8 Å². The van der Waals surface area contributed by atoms with E-state index in [-0.39, 0.29) is 0 Å². The monoisotopic (exact) mass is 333 g/mol. The molecule has 2 aliphatic rings. The molecule has 0 radical (unpaired) electrons. The quantitative estimate of drug-likeness (QED) is 0.853. The molecule has 0 spiro atoms. The van der Waals surface area contributed by atoms with Crippen LogP contribution < -0.4 is 4.74 Å². The number of rotatable bonds is 4. The van der Waals surface area contributed by atoms with Crippen LogP contribution in [0.4, 0.5) is 0 Å². The Morgan fingerprint density at radius 1 is 1.22 bits per heavy atom. The normalized spacial score (nSPS) is 19.9. The summed E-state index contributed by atoms with van der Waals surface area (Å²) in [4.78, 5) is 7.19. The van der Waals surface area contributed by atoms with E-state index in [2.05, 4.69) is 15.0 Å². The van der Waals surface area contributed by atoms with Crippen molar-refractivity contribution in [1.29, 1.82) is 0 Å². The molecule has 2 aromatic rings. The fraction of sp³-hybridized carbons (Fsp3) is 0.529. The predicted molar refractivity (Wildman–Crippen MR) is 87.9 cm³/mol. The van der Waals surface area contributed by atoms with Crippen LogP contribution in [0, 0.1) is 0 Å². The number of likely N-dealkylation sites (tertiary alicyclic amines) is 1. The molecule has 23 heavy (non-hydrogen) atoms. The second kappa shape index (κ2) is 6.13. The van der Waals surface area contributed by atoms with Gasteiger partial charge in [-0.25, -0.2) is 0 Å². The van der Waals surface area contributed by atoms with Gasteiger partial charge >= 0.3 is 0 Å². The van der Waals surface area contributed by atoms with E-state index in [0.29, 0.717) is 22.6 Å². The maximum atomic E-state index is 6.17. The topological polar surface area (TPSA) is 51.4 Å². The first-order valence-corrected chi connectivity index (χ1v) is 8.54. The number of ether oxygens (including phenoxy) is 1. The van der Waals surface area contributed by atoms with Crippen molar-refractivity contribution in [2.45, 2.75) is 37.6 Å². The van der Waals surface area contributed by atoms with Crippen LogP contribution >= 0.6 is 11.6 Å². The summed E-state index contributed by atoms with van der Waals surface area (Å²) in [6.45, 7) is 2.29. The van der Waals surface area contributed by atoms with Crippen LogP contribution in [0.5, 0.6) is 5.75 Å². The zero-order chi connectivity index (χ0) is 15.8. The van der Waals surface area contributed by atoms with Gasteiger partial charge in [-0.2, -0.15) is 4.98 Å². The van der Waals surface area contributed by atoms with Gasteiger partial charge in [0.2, 0.25) is 0 Å². The second-order valence-electron chi connectivity index (χ2n) is 6.35. The van der Waals surface area contributed by atoms with E-state index in [0.717, 1.165) is 43.4 Å². The van der Waals surface area contributed by atoms with E-state index in [9.17, 15) is 0 Å². The Labute approximate surface area is 140 Å². The number of aromatic nitrogens is 2. The number of methoxy groups -OCH3 is 1. The van der Waals surface area contributed by atoms with E-state index in [1.807, 2.05) is 12.1 Å². The molecule has 0 unspecified atom stereocenters. The summed E-state index contributed by atoms with van der Waals surface area (Å²) in [5, 5.41) is 4.74. The SMILES string of the molecule is COc1ccc(-c2nc(C3CCN(C4CC4)CC3)no2)cc1Cl. The van der Waals surface area contributed by atoms with Crippen LogP contribution in [0.3, 0.4) is 0 Å². The van der Waals surface area contributed by atoms with Gasteiger partial charge in [-0.05, 0) is 57.0 Å². The lowest BCUT2D eigenvalue weighted by atomic mass is 9.96. The first-order chi connectivity index (χ1) is 11.2. The second-order valence-corrected chi connectivity index (χ2v) is 6.76. The number of hydrogen-bond acceptors (Lipinski definition) is 5. The Morgan fingerprint density at radius 3 is 2.65 bits per heavy atom. The first-order valence-electron chi connectivity index (χ1n) is 8.16. The van der Waals surface area contributed by atoms with E-state index < -0.39 is 0 Å². The lowest BCUT2D eigenvalue weighted by Crippen LogP contribution is -2.34. The van der Waals surface area contributed by atoms with Gasteiger partial charge in [-0.1, -0.05) is 16.8 Å². The molecule has 0 bridgehead atoms. The molecule has 1 saturated heterocycles. The number of piperidine rings is 1. The molecule has 0 amide bonds. The van der Waals surface area contributed by atoms with Gasteiger partial charge in [0.15, 0.2) is 5.82 Å². The number of benzene rings is 1. The lowest BCUT2D eigenvalue weighted by Gasteiger charge is -2.30. The molecule has 0 N–H and O–H groups in total. The van der Waals surface area contributed by atoms with Gasteiger partial charge in [0, 0.05) is 17.5 Å². The summed E-state index contributed by atoms with van der Waals surface area (Å²) in [5.41, 5.74) is 0.824. The van der Waals surface area contributed by atoms with Gasteiger partial charge in [0.25, 0.3) is 5.89 Å². The lowest BCUT2D eigenvalue weighted by molar-refractivity contribution is 0.199. The maximum absolute atomic E-state index is 6.17. The van der Waals surface area contributed by atoms with Crippen LogP contribution in [0.15, 0.2) is 22.7 Å². The number of hydrogen-bond donors (Lipinski definition) is 0. The number of halogens is 1. The fourth-order valence-electron chi connectivity index (χ4n) is 3.28. The van der Waals surface area contributed by atoms with Gasteiger partial charge in [0.05, 0.1) is 12.1 Å². The van der Waals surface area contributed by atoms with E-state index >= 15 is 0 Å². The molecule has 4 rings (SSSR count). The minimum absolute atomic E-state index is 0.399. The first kappa shape index (κ1) is 15.0. The molecular weight excluding hydrogens is 314 g/mol. The Morgan fingerprint density at radius 2 is 2.00 bits per heavy atom. The average Bonchev–Trinajstić information content (AvgIpc) is 3.32. The molecule has 2 heterocycles. The van der Waals surface area contributed by atoms with Gasteiger partial charge < -0.3 is 14.2 Å². The highest BCUT2D eigenvalue weighted by atomic mass is 35.5. The summed E-state index contributed by atoms with van der Waals surface area (Å²) in [5.74, 6) is 2.38. The van der Waals surface area contributed by atoms with E-state index in [4.69, 9.17) is 20.9 Å². The van der Waals surface area contributed by atoms with Crippen molar-refractivity contribution in [1.82, 2.24) is 15.0 Å². The maximum Gasteiger partial charge on any atom is 0.257 e. The van der Waals surface area contributed by atoms with Crippen molar-refractivity contribution >= 4 is 11.6 Å². The van der Waals surface area contributed by atoms with Crippen molar-refractivity contribution in [3.8, 4) is 17.2 Å². The van der Waals surface area contributed by atoms with Gasteiger partial charge in [-0.3, -0.25) is 0 Å². The minimum Gasteiger partial charge on any atom is -0.495 e. The van der Waals surface area contributed by atoms with Crippen LogP contribution in [0.2, 0.25) is 5.02 Å². The average molecular weight is 334 g/mol. The summed E-state index contributed by atoms with van der Waals surface area (Å²) >= 11 is 6.17. The minimum atomic E-state index is 0.399. The zero-order valence-electron chi connectivity index (χ0n) is 13.2. The highest BCUT2D eigenvalue weighted by molar-refractivity contribution is 6.32. The van der Waals surface area contributed by atoms with Crippen molar-refractivity contribution in [2.75, 3.05) is 20.2 Å². The standard InChI is InChI=1S/C17H20ClN3O2/c1-22-15-5-2-12(10-14(15)18)17-19-16(20-23-17)11-6-8-21(9-7-11)13-3-4-13/h2,5,10-11,13H,3-4,6-9H2,1H3. The molecule has 1 aliphatic heterocycles. The summed E-state index contributed by atoms with van der Waals surface area (Å²) in [6.07, 6.45) is 4.96. The van der Waals surface area contributed by atoms with Gasteiger partial charge in [0.1, 0.15) is 5.75 Å². The van der Waals surface area contributed by atoms with Gasteiger partial charge in [-0.15, -0.1) is 0 Å². The smallest absolute Gasteiger partial charge is 0.257 e. The Hall–Kier alpha value is -1.59. The van der Waals surface area contributed by atoms with Crippen LogP contribution in [-0.2, 0) is 0 Å². The molecular formula is C17H20ClN3O2. The Balaban J connectivity index is 1.47. The molecule has 1 aromatic heterocycles. The molecule has 6 heteroatoms. The van der Waals surface area contributed by atoms with Crippen LogP contribution in [0.1, 0.15) is 37.4 Å². The summed E-state index contributed by atoms with van der Waals surface area (Å²) < 4.78 is 10.6. The highest BCUT2D eigenvalue weighted by Gasteiger charge is 2.33. The Kier molecular flexibility index (Phi) is 3.99. The third-order valence-electron chi connectivity index (χ3n) is 4.80. The largest absolute Gasteiger partial charge is 0.495 e. The molecule has 1 aliphatic carbocycles. The van der Waals surface area contributed by atoms with Crippen molar-refractivity contribution in [2.24, 2.45) is 0 Å². The molecule has 0 atom stereocenters. The van der Waals surface area contributed by atoms with Crippen molar-refractivity contribution in [3.05, 3.63) is 29.0 Å². The third kappa shape index (κ3) is 3.08. The number of nitrogens with zero attached hydrogens (tertiary/aromatic N) is 3. The van der Waals surface area contributed by atoms with E-state index in [1.54, 1.807) is 13.2 Å². The molecule has 122 valence electrons. The van der Waals surface area contributed by atoms with Crippen molar-refractivity contribution in [3.63, 3.8) is 0 Å². The van der Waals surface area contributed by atoms with Crippen molar-refractivity contribution < 1.29 is 9.26 Å². The zero-order valence-corrected chi connectivity index (χ0v) is 13.9. The Bertz CT molecular complexity index is 691. The molecule has 1 aromatic carbocycles. The molecule has 5 nitrogen and oxygen atoms in total. The summed E-state index contributed by atoms with van der Waals surface area (Å²) in [6, 6.07) is 6.35.